The zero-order chi connectivity index (χ0) is 22.4. The number of carbonyl (C=O) groups excluding carboxylic acids is 1. The fourth-order valence-electron chi connectivity index (χ4n) is 2.84. The number of rotatable bonds is 9. The molecular formula is C21H22FN3O4S2. The fraction of sp³-hybridized carbons (Fsp3) is 0.238. The van der Waals surface area contributed by atoms with E-state index in [1.54, 1.807) is 38.1 Å². The Morgan fingerprint density at radius 3 is 2.55 bits per heavy atom. The molecule has 0 atom stereocenters. The van der Waals surface area contributed by atoms with Gasteiger partial charge in [-0.25, -0.2) is 17.8 Å². The number of sulfonamides is 1. The molecule has 0 unspecified atom stereocenters. The van der Waals surface area contributed by atoms with Gasteiger partial charge in [0.15, 0.2) is 5.76 Å². The Balaban J connectivity index is 1.61. The number of benzene rings is 2. The molecule has 0 aliphatic rings. The van der Waals surface area contributed by atoms with E-state index in [1.807, 2.05) is 0 Å². The van der Waals surface area contributed by atoms with Gasteiger partial charge in [0.1, 0.15) is 5.82 Å². The first kappa shape index (κ1) is 23.0. The standard InChI is InChI=1S/C21H22FN3O4S2/c1-3-25(4-2)31(27,28)18-7-5-6-17(12-18)24-20(26)14-30-21-23-13-19(29-21)15-8-10-16(22)11-9-15/h5-13H,3-4,14H2,1-2H3,(H,24,26). The molecule has 1 amide bonds. The first-order valence-corrected chi connectivity index (χ1v) is 12.0. The summed E-state index contributed by atoms with van der Waals surface area (Å²) in [6, 6.07) is 12.0. The van der Waals surface area contributed by atoms with Crippen LogP contribution < -0.4 is 5.32 Å². The summed E-state index contributed by atoms with van der Waals surface area (Å²) in [6.07, 6.45) is 1.51. The van der Waals surface area contributed by atoms with E-state index >= 15 is 0 Å². The molecule has 0 saturated heterocycles. The molecular weight excluding hydrogens is 441 g/mol. The molecule has 0 aliphatic heterocycles. The normalized spacial score (nSPS) is 11.6. The van der Waals surface area contributed by atoms with Gasteiger partial charge in [0.2, 0.25) is 15.9 Å². The van der Waals surface area contributed by atoms with Crippen molar-refractivity contribution in [2.75, 3.05) is 24.2 Å². The lowest BCUT2D eigenvalue weighted by molar-refractivity contribution is -0.113. The van der Waals surface area contributed by atoms with Crippen molar-refractivity contribution in [3.05, 3.63) is 60.5 Å². The lowest BCUT2D eigenvalue weighted by atomic mass is 10.2. The number of anilines is 1. The second-order valence-corrected chi connectivity index (χ2v) is 9.32. The third-order valence-corrected chi connectivity index (χ3v) is 7.29. The SMILES string of the molecule is CCN(CC)S(=O)(=O)c1cccc(NC(=O)CSc2ncc(-c3ccc(F)cc3)o2)c1. The third-order valence-electron chi connectivity index (χ3n) is 4.40. The van der Waals surface area contributed by atoms with Crippen molar-refractivity contribution in [1.29, 1.82) is 0 Å². The Morgan fingerprint density at radius 1 is 1.16 bits per heavy atom. The number of oxazole rings is 1. The van der Waals surface area contributed by atoms with Crippen LogP contribution in [-0.2, 0) is 14.8 Å². The minimum absolute atomic E-state index is 0.0242. The highest BCUT2D eigenvalue weighted by Gasteiger charge is 2.22. The van der Waals surface area contributed by atoms with Crippen LogP contribution in [0.15, 0.2) is 69.3 Å². The molecule has 0 fully saturated rings. The summed E-state index contributed by atoms with van der Waals surface area (Å²) in [4.78, 5) is 16.5. The van der Waals surface area contributed by atoms with Crippen molar-refractivity contribution in [1.82, 2.24) is 9.29 Å². The van der Waals surface area contributed by atoms with Gasteiger partial charge in [0, 0.05) is 24.3 Å². The van der Waals surface area contributed by atoms with Gasteiger partial charge in [0.25, 0.3) is 5.22 Å². The molecule has 1 aromatic heterocycles. The Kier molecular flexibility index (Phi) is 7.47. The summed E-state index contributed by atoms with van der Waals surface area (Å²) in [6.45, 7) is 4.27. The van der Waals surface area contributed by atoms with Crippen molar-refractivity contribution in [3.63, 3.8) is 0 Å². The van der Waals surface area contributed by atoms with Crippen LogP contribution in [0.4, 0.5) is 10.1 Å². The first-order valence-electron chi connectivity index (χ1n) is 9.58. The summed E-state index contributed by atoms with van der Waals surface area (Å²) in [5.74, 6) is -0.180. The molecule has 1 N–H and O–H groups in total. The first-order chi connectivity index (χ1) is 14.8. The van der Waals surface area contributed by atoms with Crippen molar-refractivity contribution >= 4 is 33.4 Å². The van der Waals surface area contributed by atoms with Gasteiger partial charge in [-0.15, -0.1) is 0 Å². The number of halogens is 1. The predicted molar refractivity (Wildman–Crippen MR) is 118 cm³/mol. The maximum absolute atomic E-state index is 13.0. The van der Waals surface area contributed by atoms with E-state index in [1.165, 1.54) is 34.8 Å². The van der Waals surface area contributed by atoms with Crippen molar-refractivity contribution in [2.45, 2.75) is 24.0 Å². The minimum Gasteiger partial charge on any atom is -0.431 e. The number of nitrogens with zero attached hydrogens (tertiary/aromatic N) is 2. The predicted octanol–water partition coefficient (Wildman–Crippen LogP) is 4.24. The summed E-state index contributed by atoms with van der Waals surface area (Å²) in [5, 5.41) is 2.99. The van der Waals surface area contributed by atoms with Gasteiger partial charge >= 0.3 is 0 Å². The molecule has 3 aromatic rings. The maximum atomic E-state index is 13.0. The van der Waals surface area contributed by atoms with E-state index in [0.29, 0.717) is 35.3 Å². The lowest BCUT2D eigenvalue weighted by Crippen LogP contribution is -2.30. The van der Waals surface area contributed by atoms with Crippen LogP contribution in [0.5, 0.6) is 0 Å². The monoisotopic (exact) mass is 463 g/mol. The Bertz CT molecular complexity index is 1140. The number of hydrogen-bond donors (Lipinski definition) is 1. The lowest BCUT2D eigenvalue weighted by Gasteiger charge is -2.18. The quantitative estimate of drug-likeness (QED) is 0.477. The Hall–Kier alpha value is -2.69. The Labute approximate surface area is 184 Å². The summed E-state index contributed by atoms with van der Waals surface area (Å²) < 4.78 is 45.3. The van der Waals surface area contributed by atoms with Gasteiger partial charge in [-0.2, -0.15) is 4.31 Å². The van der Waals surface area contributed by atoms with Crippen LogP contribution in [0.3, 0.4) is 0 Å². The molecule has 0 bridgehead atoms. The molecule has 3 rings (SSSR count). The number of thioether (sulfide) groups is 1. The third kappa shape index (κ3) is 5.72. The van der Waals surface area contributed by atoms with Gasteiger partial charge < -0.3 is 9.73 Å². The molecule has 164 valence electrons. The Morgan fingerprint density at radius 2 is 1.87 bits per heavy atom. The zero-order valence-electron chi connectivity index (χ0n) is 17.0. The molecule has 0 saturated carbocycles. The smallest absolute Gasteiger partial charge is 0.256 e. The van der Waals surface area contributed by atoms with E-state index in [9.17, 15) is 17.6 Å². The largest absolute Gasteiger partial charge is 0.431 e. The average Bonchev–Trinajstić information content (AvgIpc) is 3.23. The van der Waals surface area contributed by atoms with Crippen LogP contribution in [0, 0.1) is 5.82 Å². The molecule has 1 heterocycles. The summed E-state index contributed by atoms with van der Waals surface area (Å²) >= 11 is 1.10. The van der Waals surface area contributed by atoms with Crippen LogP contribution in [-0.4, -0.2) is 42.5 Å². The van der Waals surface area contributed by atoms with Crippen LogP contribution in [0.25, 0.3) is 11.3 Å². The van der Waals surface area contributed by atoms with Gasteiger partial charge in [0.05, 0.1) is 16.8 Å². The average molecular weight is 464 g/mol. The number of amides is 1. The van der Waals surface area contributed by atoms with Crippen LogP contribution in [0.2, 0.25) is 0 Å². The molecule has 0 radical (unpaired) electrons. The number of aromatic nitrogens is 1. The fourth-order valence-corrected chi connectivity index (χ4v) is 4.95. The molecule has 2 aromatic carbocycles. The van der Waals surface area contributed by atoms with Gasteiger partial charge in [-0.1, -0.05) is 31.7 Å². The highest BCUT2D eigenvalue weighted by Crippen LogP contribution is 2.26. The van der Waals surface area contributed by atoms with E-state index in [-0.39, 0.29) is 22.4 Å². The second-order valence-electron chi connectivity index (χ2n) is 6.45. The number of nitrogens with one attached hydrogen (secondary N) is 1. The number of carbonyl (C=O) groups is 1. The van der Waals surface area contributed by atoms with E-state index in [0.717, 1.165) is 11.8 Å². The molecule has 0 aliphatic carbocycles. The molecule has 10 heteroatoms. The van der Waals surface area contributed by atoms with Gasteiger partial charge in [-0.3, -0.25) is 4.79 Å². The summed E-state index contributed by atoms with van der Waals surface area (Å²) in [5.41, 5.74) is 1.06. The van der Waals surface area contributed by atoms with Crippen molar-refractivity contribution < 1.29 is 22.0 Å². The topological polar surface area (TPSA) is 92.5 Å². The molecule has 31 heavy (non-hydrogen) atoms. The van der Waals surface area contributed by atoms with Crippen molar-refractivity contribution in [2.24, 2.45) is 0 Å². The van der Waals surface area contributed by atoms with E-state index in [4.69, 9.17) is 4.42 Å². The van der Waals surface area contributed by atoms with Crippen LogP contribution in [0.1, 0.15) is 13.8 Å². The van der Waals surface area contributed by atoms with Gasteiger partial charge in [-0.05, 0) is 42.5 Å². The number of hydrogen-bond acceptors (Lipinski definition) is 6. The zero-order valence-corrected chi connectivity index (χ0v) is 18.7. The van der Waals surface area contributed by atoms with Crippen molar-refractivity contribution in [3.8, 4) is 11.3 Å². The minimum atomic E-state index is -3.61. The van der Waals surface area contributed by atoms with E-state index in [2.05, 4.69) is 10.3 Å². The maximum Gasteiger partial charge on any atom is 0.256 e. The van der Waals surface area contributed by atoms with Crippen LogP contribution >= 0.6 is 11.8 Å². The summed E-state index contributed by atoms with van der Waals surface area (Å²) in [7, 11) is -3.61. The second kappa shape index (κ2) is 10.1. The highest BCUT2D eigenvalue weighted by atomic mass is 32.2. The molecule has 7 nitrogen and oxygen atoms in total. The highest BCUT2D eigenvalue weighted by molar-refractivity contribution is 7.99. The molecule has 0 spiro atoms. The van der Waals surface area contributed by atoms with E-state index < -0.39 is 10.0 Å².